The predicted molar refractivity (Wildman–Crippen MR) is 125 cm³/mol. The first-order valence-corrected chi connectivity index (χ1v) is 11.2. The first-order chi connectivity index (χ1) is 15.3. The molecule has 5 heteroatoms. The van der Waals surface area contributed by atoms with Crippen LogP contribution in [-0.2, 0) is 17.8 Å². The zero-order valence-corrected chi connectivity index (χ0v) is 18.1. The minimum Gasteiger partial charge on any atom is -0.356 e. The Balaban J connectivity index is 1.10. The van der Waals surface area contributed by atoms with Crippen LogP contribution in [0.5, 0.6) is 0 Å². The molecule has 0 atom stereocenters. The molecule has 1 aliphatic heterocycles. The van der Waals surface area contributed by atoms with Crippen LogP contribution in [0.1, 0.15) is 17.5 Å². The molecule has 0 saturated carbocycles. The van der Waals surface area contributed by atoms with Gasteiger partial charge in [0, 0.05) is 57.3 Å². The Morgan fingerprint density at radius 2 is 1.45 bits per heavy atom. The van der Waals surface area contributed by atoms with E-state index in [-0.39, 0.29) is 5.91 Å². The van der Waals surface area contributed by atoms with Gasteiger partial charge in [-0.2, -0.15) is 0 Å². The Morgan fingerprint density at radius 1 is 0.774 bits per heavy atom. The first kappa shape index (κ1) is 21.3. The molecule has 3 aromatic rings. The molecule has 1 aromatic heterocycles. The number of nitrogens with one attached hydrogen (secondary N) is 1. The monoisotopic (exact) mass is 416 g/mol. The lowest BCUT2D eigenvalue weighted by Crippen LogP contribution is -2.46. The van der Waals surface area contributed by atoms with E-state index in [1.165, 1.54) is 5.56 Å². The summed E-state index contributed by atoms with van der Waals surface area (Å²) in [6.45, 7) is 7.26. The molecule has 1 saturated heterocycles. The molecule has 1 amide bonds. The van der Waals surface area contributed by atoms with E-state index in [2.05, 4.69) is 62.1 Å². The van der Waals surface area contributed by atoms with Gasteiger partial charge in [0.15, 0.2) is 0 Å². The molecule has 1 N–H and O–H groups in total. The molecule has 0 radical (unpaired) electrons. The molecular formula is C26H32N4O. The van der Waals surface area contributed by atoms with Crippen molar-refractivity contribution < 1.29 is 4.79 Å². The van der Waals surface area contributed by atoms with Crippen molar-refractivity contribution in [2.24, 2.45) is 0 Å². The molecule has 1 fully saturated rings. The highest BCUT2D eigenvalue weighted by Gasteiger charge is 2.16. The maximum absolute atomic E-state index is 12.3. The van der Waals surface area contributed by atoms with Crippen LogP contribution in [0.25, 0.3) is 5.69 Å². The number of piperazine rings is 1. The number of aromatic nitrogens is 1. The van der Waals surface area contributed by atoms with E-state index in [1.54, 1.807) is 0 Å². The number of carbonyl (C=O) groups excluding carboxylic acids is 1. The lowest BCUT2D eigenvalue weighted by Gasteiger charge is -2.34. The second-order valence-corrected chi connectivity index (χ2v) is 8.24. The van der Waals surface area contributed by atoms with Gasteiger partial charge in [-0.3, -0.25) is 9.69 Å². The van der Waals surface area contributed by atoms with E-state index < -0.39 is 0 Å². The van der Waals surface area contributed by atoms with E-state index in [0.717, 1.165) is 63.5 Å². The van der Waals surface area contributed by atoms with Gasteiger partial charge in [-0.1, -0.05) is 42.5 Å². The number of hydrogen-bond acceptors (Lipinski definition) is 3. The summed E-state index contributed by atoms with van der Waals surface area (Å²) in [7, 11) is 0. The van der Waals surface area contributed by atoms with Crippen LogP contribution in [0, 0.1) is 0 Å². The number of rotatable bonds is 9. The fourth-order valence-corrected chi connectivity index (χ4v) is 4.08. The lowest BCUT2D eigenvalue weighted by atomic mass is 10.1. The van der Waals surface area contributed by atoms with Crippen LogP contribution in [0.15, 0.2) is 79.1 Å². The topological polar surface area (TPSA) is 40.5 Å². The van der Waals surface area contributed by atoms with Gasteiger partial charge in [-0.15, -0.1) is 0 Å². The van der Waals surface area contributed by atoms with Crippen LogP contribution >= 0.6 is 0 Å². The normalized spacial score (nSPS) is 15.1. The predicted octanol–water partition coefficient (Wildman–Crippen LogP) is 3.34. The Bertz CT molecular complexity index is 914. The van der Waals surface area contributed by atoms with Gasteiger partial charge in [0.2, 0.25) is 5.91 Å². The Kier molecular flexibility index (Phi) is 7.53. The minimum absolute atomic E-state index is 0.0985. The second-order valence-electron chi connectivity index (χ2n) is 8.24. The van der Waals surface area contributed by atoms with Crippen LogP contribution in [-0.4, -0.2) is 59.5 Å². The van der Waals surface area contributed by atoms with Crippen molar-refractivity contribution in [1.29, 1.82) is 0 Å². The Hall–Kier alpha value is -2.89. The second kappa shape index (κ2) is 10.9. The summed E-state index contributed by atoms with van der Waals surface area (Å²) in [5.74, 6) is 0.0985. The average Bonchev–Trinajstić information content (AvgIpc) is 3.34. The third-order valence-corrected chi connectivity index (χ3v) is 5.89. The summed E-state index contributed by atoms with van der Waals surface area (Å²) in [5, 5.41) is 3.07. The Morgan fingerprint density at radius 3 is 2.16 bits per heavy atom. The molecule has 2 heterocycles. The fraction of sp³-hybridized carbons (Fsp3) is 0.346. The van der Waals surface area contributed by atoms with Crippen LogP contribution in [0.4, 0.5) is 0 Å². The number of amides is 1. The number of hydrogen-bond donors (Lipinski definition) is 1. The van der Waals surface area contributed by atoms with E-state index in [4.69, 9.17) is 0 Å². The molecule has 4 rings (SSSR count). The van der Waals surface area contributed by atoms with Crippen LogP contribution < -0.4 is 5.32 Å². The standard InChI is InChI=1S/C26H32N4O/c31-26(21-23-9-11-25(12-10-23)30-15-4-5-16-30)27-13-6-14-28-17-19-29(20-18-28)22-24-7-2-1-3-8-24/h1-5,7-12,15-16H,6,13-14,17-22H2,(H,27,31). The van der Waals surface area contributed by atoms with Crippen LogP contribution in [0.3, 0.4) is 0 Å². The van der Waals surface area contributed by atoms with E-state index >= 15 is 0 Å². The van der Waals surface area contributed by atoms with Crippen molar-refractivity contribution in [3.05, 3.63) is 90.3 Å². The molecule has 0 aliphatic carbocycles. The molecular weight excluding hydrogens is 384 g/mol. The molecule has 162 valence electrons. The smallest absolute Gasteiger partial charge is 0.224 e. The van der Waals surface area contributed by atoms with Crippen LogP contribution in [0.2, 0.25) is 0 Å². The molecule has 1 aliphatic rings. The third kappa shape index (κ3) is 6.54. The van der Waals surface area contributed by atoms with E-state index in [1.807, 2.05) is 36.7 Å². The zero-order valence-electron chi connectivity index (χ0n) is 18.1. The quantitative estimate of drug-likeness (QED) is 0.544. The highest BCUT2D eigenvalue weighted by Crippen LogP contribution is 2.11. The van der Waals surface area contributed by atoms with Gasteiger partial charge in [0.05, 0.1) is 6.42 Å². The van der Waals surface area contributed by atoms with Gasteiger partial charge in [0.1, 0.15) is 0 Å². The van der Waals surface area contributed by atoms with Crippen molar-refractivity contribution in [2.45, 2.75) is 19.4 Å². The molecule has 0 spiro atoms. The SMILES string of the molecule is O=C(Cc1ccc(-n2cccc2)cc1)NCCCN1CCN(Cc2ccccc2)CC1. The maximum atomic E-state index is 12.3. The highest BCUT2D eigenvalue weighted by molar-refractivity contribution is 5.78. The number of benzene rings is 2. The van der Waals surface area contributed by atoms with Gasteiger partial charge in [-0.25, -0.2) is 0 Å². The number of nitrogens with zero attached hydrogens (tertiary/aromatic N) is 3. The molecule has 0 unspecified atom stereocenters. The van der Waals surface area contributed by atoms with E-state index in [9.17, 15) is 4.79 Å². The molecule has 2 aromatic carbocycles. The zero-order chi connectivity index (χ0) is 21.3. The van der Waals surface area contributed by atoms with E-state index in [0.29, 0.717) is 6.42 Å². The summed E-state index contributed by atoms with van der Waals surface area (Å²) in [6, 6.07) is 22.9. The summed E-state index contributed by atoms with van der Waals surface area (Å²) >= 11 is 0. The average molecular weight is 417 g/mol. The summed E-state index contributed by atoms with van der Waals surface area (Å²) in [6.07, 6.45) is 5.47. The highest BCUT2D eigenvalue weighted by atomic mass is 16.1. The van der Waals surface area contributed by atoms with Crippen molar-refractivity contribution in [2.75, 3.05) is 39.3 Å². The largest absolute Gasteiger partial charge is 0.356 e. The maximum Gasteiger partial charge on any atom is 0.224 e. The van der Waals surface area contributed by atoms with Gasteiger partial charge >= 0.3 is 0 Å². The lowest BCUT2D eigenvalue weighted by molar-refractivity contribution is -0.120. The summed E-state index contributed by atoms with van der Waals surface area (Å²) < 4.78 is 2.06. The summed E-state index contributed by atoms with van der Waals surface area (Å²) in [4.78, 5) is 17.3. The molecule has 5 nitrogen and oxygen atoms in total. The fourth-order valence-electron chi connectivity index (χ4n) is 4.08. The van der Waals surface area contributed by atoms with Gasteiger partial charge in [-0.05, 0) is 48.4 Å². The van der Waals surface area contributed by atoms with Crippen molar-refractivity contribution in [3.63, 3.8) is 0 Å². The van der Waals surface area contributed by atoms with Gasteiger partial charge < -0.3 is 14.8 Å². The third-order valence-electron chi connectivity index (χ3n) is 5.89. The minimum atomic E-state index is 0.0985. The number of carbonyl (C=O) groups is 1. The van der Waals surface area contributed by atoms with Crippen molar-refractivity contribution in [1.82, 2.24) is 19.7 Å². The molecule has 31 heavy (non-hydrogen) atoms. The van der Waals surface area contributed by atoms with Crippen molar-refractivity contribution in [3.8, 4) is 5.69 Å². The van der Waals surface area contributed by atoms with Gasteiger partial charge in [0.25, 0.3) is 0 Å². The molecule has 0 bridgehead atoms. The van der Waals surface area contributed by atoms with Crippen molar-refractivity contribution >= 4 is 5.91 Å². The summed E-state index contributed by atoms with van der Waals surface area (Å²) in [5.41, 5.74) is 3.54. The Labute approximate surface area is 185 Å². The first-order valence-electron chi connectivity index (χ1n) is 11.2.